The van der Waals surface area contributed by atoms with Crippen LogP contribution in [0, 0.1) is 10.1 Å². The number of hydrogen-bond donors (Lipinski definition) is 3. The first kappa shape index (κ1) is 24.2. The van der Waals surface area contributed by atoms with Crippen molar-refractivity contribution >= 4 is 29.2 Å². The molecule has 2 aromatic rings. The van der Waals surface area contributed by atoms with Gasteiger partial charge in [0, 0.05) is 31.0 Å². The topological polar surface area (TPSA) is 141 Å². The Bertz CT molecular complexity index is 984. The molecule has 3 N–H and O–H groups in total. The van der Waals surface area contributed by atoms with E-state index in [1.807, 2.05) is 0 Å². The number of hydrogen-bond acceptors (Lipinski definition) is 9. The van der Waals surface area contributed by atoms with Crippen LogP contribution in [0.2, 0.25) is 0 Å². The lowest BCUT2D eigenvalue weighted by atomic mass is 9.93. The van der Waals surface area contributed by atoms with Gasteiger partial charge >= 0.3 is 11.8 Å². The van der Waals surface area contributed by atoms with Gasteiger partial charge in [-0.05, 0) is 58.2 Å². The van der Waals surface area contributed by atoms with Crippen LogP contribution >= 0.6 is 0 Å². The van der Waals surface area contributed by atoms with Crippen molar-refractivity contribution in [2.24, 2.45) is 0 Å². The average Bonchev–Trinajstić information content (AvgIpc) is 2.72. The van der Waals surface area contributed by atoms with Gasteiger partial charge in [0.1, 0.15) is 11.8 Å². The molecule has 1 aromatic carbocycles. The van der Waals surface area contributed by atoms with Crippen LogP contribution < -0.4 is 16.0 Å². The predicted octanol–water partition coefficient (Wildman–Crippen LogP) is 4.13. The molecule has 1 saturated heterocycles. The summed E-state index contributed by atoms with van der Waals surface area (Å²) in [4.78, 5) is 31.2. The zero-order valence-electron chi connectivity index (χ0n) is 19.3. The van der Waals surface area contributed by atoms with Crippen LogP contribution in [0.25, 0.3) is 0 Å². The monoisotopic (exact) mass is 458 g/mol. The van der Waals surface area contributed by atoms with Crippen LogP contribution in [0.15, 0.2) is 30.5 Å². The van der Waals surface area contributed by atoms with Crippen LogP contribution in [0.3, 0.4) is 0 Å². The van der Waals surface area contributed by atoms with E-state index in [9.17, 15) is 14.9 Å². The molecule has 11 nitrogen and oxygen atoms in total. The van der Waals surface area contributed by atoms with E-state index < -0.39 is 16.6 Å². The smallest absolute Gasteiger partial charge is 0.407 e. The Hall–Kier alpha value is -3.47. The number of alkyl carbamates (subject to hydrolysis) is 1. The van der Waals surface area contributed by atoms with E-state index >= 15 is 0 Å². The number of nitrogens with zero attached hydrogens (tertiary/aromatic N) is 3. The van der Waals surface area contributed by atoms with Gasteiger partial charge in [-0.1, -0.05) is 12.1 Å². The summed E-state index contributed by atoms with van der Waals surface area (Å²) < 4.78 is 10.6. The number of ether oxygens (including phenoxy) is 2. The molecule has 11 heteroatoms. The second-order valence-electron chi connectivity index (χ2n) is 9.16. The molecule has 0 atom stereocenters. The average molecular weight is 459 g/mol. The molecule has 1 aromatic heterocycles. The minimum atomic E-state index is -0.569. The van der Waals surface area contributed by atoms with Crippen LogP contribution in [0.1, 0.15) is 46.1 Å². The molecule has 0 bridgehead atoms. The molecule has 1 fully saturated rings. The summed E-state index contributed by atoms with van der Waals surface area (Å²) >= 11 is 0. The summed E-state index contributed by atoms with van der Waals surface area (Å²) in [5.74, 6) is 0.401. The standard InChI is InChI=1S/C22H30N6O5/c1-21(2,3)33-20(29)24-13-15-5-7-16(8-6-15)25-18-17(28(30)31)14-23-19(26-18)27-22(4)9-11-32-12-10-22/h5-8,14H,9-13H2,1-4H3,(H,24,29)(H2,23,25,26,27). The molecule has 1 aliphatic rings. The van der Waals surface area contributed by atoms with Gasteiger partial charge in [0.25, 0.3) is 0 Å². The van der Waals surface area contributed by atoms with Gasteiger partial charge in [-0.25, -0.2) is 9.78 Å². The highest BCUT2D eigenvalue weighted by Gasteiger charge is 2.29. The van der Waals surface area contributed by atoms with Crippen molar-refractivity contribution in [1.29, 1.82) is 0 Å². The van der Waals surface area contributed by atoms with Gasteiger partial charge in [0.2, 0.25) is 11.8 Å². The normalized spacial score (nSPS) is 15.4. The number of carbonyl (C=O) groups is 1. The Morgan fingerprint density at radius 1 is 1.24 bits per heavy atom. The maximum Gasteiger partial charge on any atom is 0.407 e. The fraction of sp³-hybridized carbons (Fsp3) is 0.500. The molecule has 1 amide bonds. The number of carbonyl (C=O) groups excluding carboxylic acids is 1. The van der Waals surface area contributed by atoms with E-state index in [2.05, 4.69) is 32.8 Å². The summed E-state index contributed by atoms with van der Waals surface area (Å²) in [5, 5.41) is 20.4. The summed E-state index contributed by atoms with van der Waals surface area (Å²) in [5.41, 5.74) is 0.418. The van der Waals surface area contributed by atoms with Crippen molar-refractivity contribution in [3.8, 4) is 0 Å². The van der Waals surface area contributed by atoms with E-state index in [1.165, 1.54) is 6.20 Å². The molecule has 0 spiro atoms. The molecular formula is C22H30N6O5. The highest BCUT2D eigenvalue weighted by atomic mass is 16.6. The predicted molar refractivity (Wildman–Crippen MR) is 124 cm³/mol. The third-order valence-corrected chi connectivity index (χ3v) is 5.03. The van der Waals surface area contributed by atoms with Crippen molar-refractivity contribution in [1.82, 2.24) is 15.3 Å². The first-order valence-electron chi connectivity index (χ1n) is 10.7. The molecular weight excluding hydrogens is 428 g/mol. The maximum absolute atomic E-state index is 11.8. The molecule has 1 aliphatic heterocycles. The Morgan fingerprint density at radius 2 is 1.91 bits per heavy atom. The summed E-state index contributed by atoms with van der Waals surface area (Å²) in [7, 11) is 0. The maximum atomic E-state index is 11.8. The van der Waals surface area contributed by atoms with Gasteiger partial charge in [-0.3, -0.25) is 10.1 Å². The van der Waals surface area contributed by atoms with E-state index in [4.69, 9.17) is 9.47 Å². The molecule has 0 saturated carbocycles. The Balaban J connectivity index is 1.68. The Labute approximate surface area is 192 Å². The first-order chi connectivity index (χ1) is 15.5. The quantitative estimate of drug-likeness (QED) is 0.412. The molecule has 3 rings (SSSR count). The number of nitrogens with one attached hydrogen (secondary N) is 3. The molecule has 2 heterocycles. The minimum absolute atomic E-state index is 0.0905. The van der Waals surface area contributed by atoms with Gasteiger partial charge in [0.05, 0.1) is 4.92 Å². The molecule has 0 aliphatic carbocycles. The van der Waals surface area contributed by atoms with E-state index in [-0.39, 0.29) is 17.0 Å². The largest absolute Gasteiger partial charge is 0.444 e. The zero-order chi connectivity index (χ0) is 24.1. The molecule has 0 unspecified atom stereocenters. The summed E-state index contributed by atoms with van der Waals surface area (Å²) in [6.45, 7) is 9.00. The molecule has 33 heavy (non-hydrogen) atoms. The number of rotatable bonds is 7. The Kier molecular flexibility index (Phi) is 7.32. The molecule has 0 radical (unpaired) electrons. The molecule has 178 valence electrons. The van der Waals surface area contributed by atoms with E-state index in [0.717, 1.165) is 18.4 Å². The number of amides is 1. The number of aromatic nitrogens is 2. The number of anilines is 3. The fourth-order valence-electron chi connectivity index (χ4n) is 3.21. The Morgan fingerprint density at radius 3 is 2.52 bits per heavy atom. The number of benzene rings is 1. The van der Waals surface area contributed by atoms with Crippen molar-refractivity contribution < 1.29 is 19.2 Å². The van der Waals surface area contributed by atoms with Crippen LogP contribution in [0.4, 0.5) is 27.9 Å². The first-order valence-corrected chi connectivity index (χ1v) is 10.7. The van der Waals surface area contributed by atoms with E-state index in [1.54, 1.807) is 45.0 Å². The third kappa shape index (κ3) is 7.28. The van der Waals surface area contributed by atoms with Crippen LogP contribution in [-0.4, -0.2) is 45.3 Å². The lowest BCUT2D eigenvalue weighted by molar-refractivity contribution is -0.384. The van der Waals surface area contributed by atoms with Gasteiger partial charge in [0.15, 0.2) is 0 Å². The second kappa shape index (κ2) is 9.99. The third-order valence-electron chi connectivity index (χ3n) is 5.03. The zero-order valence-corrected chi connectivity index (χ0v) is 19.3. The van der Waals surface area contributed by atoms with Gasteiger partial charge in [-0.2, -0.15) is 4.98 Å². The van der Waals surface area contributed by atoms with Gasteiger partial charge < -0.3 is 25.4 Å². The summed E-state index contributed by atoms with van der Waals surface area (Å²) in [6.07, 6.45) is 2.27. The summed E-state index contributed by atoms with van der Waals surface area (Å²) in [6, 6.07) is 7.11. The van der Waals surface area contributed by atoms with Crippen molar-refractivity contribution in [2.75, 3.05) is 23.8 Å². The van der Waals surface area contributed by atoms with Crippen molar-refractivity contribution in [3.63, 3.8) is 0 Å². The minimum Gasteiger partial charge on any atom is -0.444 e. The second-order valence-corrected chi connectivity index (χ2v) is 9.16. The van der Waals surface area contributed by atoms with Crippen LogP contribution in [-0.2, 0) is 16.0 Å². The lowest BCUT2D eigenvalue weighted by Gasteiger charge is -2.34. The fourth-order valence-corrected chi connectivity index (χ4v) is 3.21. The highest BCUT2D eigenvalue weighted by Crippen LogP contribution is 2.29. The van der Waals surface area contributed by atoms with Crippen molar-refractivity contribution in [3.05, 3.63) is 46.1 Å². The van der Waals surface area contributed by atoms with E-state index in [0.29, 0.717) is 31.4 Å². The van der Waals surface area contributed by atoms with Gasteiger partial charge in [-0.15, -0.1) is 0 Å². The van der Waals surface area contributed by atoms with Crippen LogP contribution in [0.5, 0.6) is 0 Å². The SMILES string of the molecule is CC1(Nc2ncc([N+](=O)[O-])c(Nc3ccc(CNC(=O)OC(C)(C)C)cc3)n2)CCOCC1. The van der Waals surface area contributed by atoms with Crippen molar-refractivity contribution in [2.45, 2.75) is 58.2 Å². The lowest BCUT2D eigenvalue weighted by Crippen LogP contribution is -2.41. The number of nitro groups is 1. The highest BCUT2D eigenvalue weighted by molar-refractivity contribution is 5.68.